The fourth-order valence-corrected chi connectivity index (χ4v) is 3.23. The number of para-hydroxylation sites is 1. The summed E-state index contributed by atoms with van der Waals surface area (Å²) in [5.41, 5.74) is 0. The standard InChI is InChI=1S/C22H29NO4/c1-18-16-23(17-19(2)26-18)11-12-24-13-14-25-21-9-6-10-22(15-21)27-20-7-4-3-5-8-20/h3-10,15,18-19H,11-14,16-17H2,1-2H3/t18-,19+. The van der Waals surface area contributed by atoms with Gasteiger partial charge in [-0.15, -0.1) is 0 Å². The van der Waals surface area contributed by atoms with Gasteiger partial charge in [-0.25, -0.2) is 0 Å². The molecule has 0 unspecified atom stereocenters. The number of rotatable bonds is 9. The molecule has 0 bridgehead atoms. The molecule has 1 fully saturated rings. The number of nitrogens with zero attached hydrogens (tertiary/aromatic N) is 1. The Bertz CT molecular complexity index is 669. The molecule has 0 radical (unpaired) electrons. The highest BCUT2D eigenvalue weighted by atomic mass is 16.5. The molecule has 5 nitrogen and oxygen atoms in total. The van der Waals surface area contributed by atoms with Crippen molar-refractivity contribution in [2.45, 2.75) is 26.1 Å². The zero-order valence-corrected chi connectivity index (χ0v) is 16.2. The first-order chi connectivity index (χ1) is 13.2. The normalized spacial score (nSPS) is 20.4. The van der Waals surface area contributed by atoms with E-state index in [1.807, 2.05) is 54.6 Å². The summed E-state index contributed by atoms with van der Waals surface area (Å²) in [5.74, 6) is 2.35. The zero-order valence-electron chi connectivity index (χ0n) is 16.2. The molecule has 1 aliphatic heterocycles. The summed E-state index contributed by atoms with van der Waals surface area (Å²) < 4.78 is 23.1. The highest BCUT2D eigenvalue weighted by molar-refractivity contribution is 5.36. The molecule has 2 aromatic rings. The van der Waals surface area contributed by atoms with Crippen LogP contribution >= 0.6 is 0 Å². The molecule has 27 heavy (non-hydrogen) atoms. The van der Waals surface area contributed by atoms with Crippen LogP contribution in [0.2, 0.25) is 0 Å². The van der Waals surface area contributed by atoms with E-state index in [-0.39, 0.29) is 0 Å². The van der Waals surface area contributed by atoms with Gasteiger partial charge in [0, 0.05) is 25.7 Å². The third kappa shape index (κ3) is 6.86. The second-order valence-corrected chi connectivity index (χ2v) is 6.87. The fraction of sp³-hybridized carbons (Fsp3) is 0.455. The van der Waals surface area contributed by atoms with E-state index in [9.17, 15) is 0 Å². The largest absolute Gasteiger partial charge is 0.491 e. The second kappa shape index (κ2) is 10.3. The molecule has 0 aromatic heterocycles. The van der Waals surface area contributed by atoms with E-state index in [1.54, 1.807) is 0 Å². The summed E-state index contributed by atoms with van der Waals surface area (Å²) in [5, 5.41) is 0. The van der Waals surface area contributed by atoms with Crippen molar-refractivity contribution in [2.24, 2.45) is 0 Å². The van der Waals surface area contributed by atoms with Crippen LogP contribution < -0.4 is 9.47 Å². The van der Waals surface area contributed by atoms with Crippen LogP contribution in [0, 0.1) is 0 Å². The molecule has 2 atom stereocenters. The Balaban J connectivity index is 1.33. The molecule has 3 rings (SSSR count). The average Bonchev–Trinajstić information content (AvgIpc) is 2.65. The van der Waals surface area contributed by atoms with E-state index in [2.05, 4.69) is 18.7 Å². The van der Waals surface area contributed by atoms with Gasteiger partial charge in [-0.1, -0.05) is 24.3 Å². The first kappa shape index (κ1) is 19.7. The second-order valence-electron chi connectivity index (χ2n) is 6.87. The van der Waals surface area contributed by atoms with Gasteiger partial charge in [-0.3, -0.25) is 4.90 Å². The number of morpholine rings is 1. The third-order valence-corrected chi connectivity index (χ3v) is 4.33. The first-order valence-corrected chi connectivity index (χ1v) is 9.60. The average molecular weight is 371 g/mol. The predicted octanol–water partition coefficient (Wildman–Crippen LogP) is 3.98. The first-order valence-electron chi connectivity index (χ1n) is 9.60. The van der Waals surface area contributed by atoms with Gasteiger partial charge in [-0.05, 0) is 38.1 Å². The maximum absolute atomic E-state index is 5.82. The van der Waals surface area contributed by atoms with Gasteiger partial charge in [0.05, 0.1) is 25.4 Å². The Morgan fingerprint density at radius 2 is 1.56 bits per heavy atom. The highest BCUT2D eigenvalue weighted by Crippen LogP contribution is 2.24. The van der Waals surface area contributed by atoms with Gasteiger partial charge in [-0.2, -0.15) is 0 Å². The molecule has 0 saturated carbocycles. The molecule has 0 aliphatic carbocycles. The number of hydrogen-bond acceptors (Lipinski definition) is 5. The van der Waals surface area contributed by atoms with Crippen LogP contribution in [0.25, 0.3) is 0 Å². The van der Waals surface area contributed by atoms with Crippen LogP contribution in [-0.4, -0.2) is 56.6 Å². The molecule has 0 amide bonds. The van der Waals surface area contributed by atoms with E-state index in [4.69, 9.17) is 18.9 Å². The van der Waals surface area contributed by atoms with Crippen LogP contribution in [0.15, 0.2) is 54.6 Å². The van der Waals surface area contributed by atoms with Crippen LogP contribution in [-0.2, 0) is 9.47 Å². The third-order valence-electron chi connectivity index (χ3n) is 4.33. The lowest BCUT2D eigenvalue weighted by molar-refractivity contribution is -0.0734. The molecule has 2 aromatic carbocycles. The van der Waals surface area contributed by atoms with Gasteiger partial charge in [0.25, 0.3) is 0 Å². The predicted molar refractivity (Wildman–Crippen MR) is 106 cm³/mol. The Morgan fingerprint density at radius 3 is 2.33 bits per heavy atom. The quantitative estimate of drug-likeness (QED) is 0.624. The summed E-state index contributed by atoms with van der Waals surface area (Å²) in [6.07, 6.45) is 0.588. The van der Waals surface area contributed by atoms with E-state index in [0.29, 0.717) is 32.0 Å². The summed E-state index contributed by atoms with van der Waals surface area (Å²) in [6, 6.07) is 17.4. The number of hydrogen-bond donors (Lipinski definition) is 0. The van der Waals surface area contributed by atoms with Crippen molar-refractivity contribution in [3.8, 4) is 17.2 Å². The fourth-order valence-electron chi connectivity index (χ4n) is 3.23. The number of benzene rings is 2. The van der Waals surface area contributed by atoms with Crippen molar-refractivity contribution < 1.29 is 18.9 Å². The van der Waals surface area contributed by atoms with Crippen molar-refractivity contribution in [2.75, 3.05) is 39.5 Å². The van der Waals surface area contributed by atoms with Crippen LogP contribution in [0.1, 0.15) is 13.8 Å². The minimum atomic E-state index is 0.294. The van der Waals surface area contributed by atoms with Crippen LogP contribution in [0.4, 0.5) is 0 Å². The van der Waals surface area contributed by atoms with Gasteiger partial charge in [0.1, 0.15) is 23.9 Å². The molecule has 146 valence electrons. The molecule has 1 saturated heterocycles. The van der Waals surface area contributed by atoms with Gasteiger partial charge in [0.2, 0.25) is 0 Å². The maximum atomic E-state index is 5.82. The Kier molecular flexibility index (Phi) is 7.51. The summed E-state index contributed by atoms with van der Waals surface area (Å²) >= 11 is 0. The van der Waals surface area contributed by atoms with E-state index in [0.717, 1.165) is 36.9 Å². The van der Waals surface area contributed by atoms with Crippen molar-refractivity contribution in [1.82, 2.24) is 4.90 Å². The maximum Gasteiger partial charge on any atom is 0.131 e. The van der Waals surface area contributed by atoms with Crippen LogP contribution in [0.3, 0.4) is 0 Å². The number of ether oxygens (including phenoxy) is 4. The molecule has 0 spiro atoms. The SMILES string of the molecule is C[C@@H]1CN(CCOCCOc2cccc(Oc3ccccc3)c2)C[C@H](C)O1. The summed E-state index contributed by atoms with van der Waals surface area (Å²) in [7, 11) is 0. The smallest absolute Gasteiger partial charge is 0.131 e. The van der Waals surface area contributed by atoms with Crippen molar-refractivity contribution in [3.05, 3.63) is 54.6 Å². The van der Waals surface area contributed by atoms with Crippen molar-refractivity contribution in [3.63, 3.8) is 0 Å². The lowest BCUT2D eigenvalue weighted by atomic mass is 10.2. The molecule has 0 N–H and O–H groups in total. The van der Waals surface area contributed by atoms with E-state index in [1.165, 1.54) is 0 Å². The highest BCUT2D eigenvalue weighted by Gasteiger charge is 2.21. The molecular weight excluding hydrogens is 342 g/mol. The minimum absolute atomic E-state index is 0.294. The summed E-state index contributed by atoms with van der Waals surface area (Å²) in [4.78, 5) is 2.39. The van der Waals surface area contributed by atoms with Gasteiger partial charge < -0.3 is 18.9 Å². The Hall–Kier alpha value is -2.08. The molecular formula is C22H29NO4. The zero-order chi connectivity index (χ0) is 18.9. The minimum Gasteiger partial charge on any atom is -0.491 e. The molecule has 5 heteroatoms. The van der Waals surface area contributed by atoms with Crippen molar-refractivity contribution in [1.29, 1.82) is 0 Å². The van der Waals surface area contributed by atoms with E-state index >= 15 is 0 Å². The van der Waals surface area contributed by atoms with Crippen molar-refractivity contribution >= 4 is 0 Å². The molecule has 1 heterocycles. The van der Waals surface area contributed by atoms with E-state index < -0.39 is 0 Å². The molecule has 1 aliphatic rings. The Labute approximate surface area is 161 Å². The lowest BCUT2D eigenvalue weighted by Crippen LogP contribution is -2.46. The summed E-state index contributed by atoms with van der Waals surface area (Å²) in [6.45, 7) is 8.90. The van der Waals surface area contributed by atoms with Crippen LogP contribution in [0.5, 0.6) is 17.2 Å². The van der Waals surface area contributed by atoms with Gasteiger partial charge >= 0.3 is 0 Å². The lowest BCUT2D eigenvalue weighted by Gasteiger charge is -2.35. The Morgan fingerprint density at radius 1 is 0.852 bits per heavy atom. The van der Waals surface area contributed by atoms with Gasteiger partial charge in [0.15, 0.2) is 0 Å². The topological polar surface area (TPSA) is 40.2 Å². The monoisotopic (exact) mass is 371 g/mol.